The van der Waals surface area contributed by atoms with Gasteiger partial charge < -0.3 is 19.4 Å². The van der Waals surface area contributed by atoms with Crippen LogP contribution in [0.3, 0.4) is 0 Å². The molecule has 0 radical (unpaired) electrons. The van der Waals surface area contributed by atoms with Crippen molar-refractivity contribution in [1.29, 1.82) is 0 Å². The van der Waals surface area contributed by atoms with E-state index < -0.39 is 5.60 Å². The SMILES string of the molecule is CN(C)CC(=O)N1CCO[C@@]2(C1)C(=O)N(C)C[C@H]2c1ccccc1. The molecule has 2 saturated heterocycles. The molecule has 0 saturated carbocycles. The van der Waals surface area contributed by atoms with Crippen molar-refractivity contribution in [3.8, 4) is 0 Å². The summed E-state index contributed by atoms with van der Waals surface area (Å²) in [5.74, 6) is -0.0540. The molecule has 2 aliphatic rings. The van der Waals surface area contributed by atoms with Crippen molar-refractivity contribution in [1.82, 2.24) is 14.7 Å². The molecule has 0 bridgehead atoms. The normalized spacial score (nSPS) is 27.3. The fourth-order valence-corrected chi connectivity index (χ4v) is 3.71. The molecule has 2 fully saturated rings. The Hall–Kier alpha value is -1.92. The average Bonchev–Trinajstić information content (AvgIpc) is 2.80. The third kappa shape index (κ3) is 2.91. The minimum absolute atomic E-state index is 0.0290. The molecule has 1 spiro atoms. The third-order valence-corrected chi connectivity index (χ3v) is 4.88. The van der Waals surface area contributed by atoms with Gasteiger partial charge in [-0.1, -0.05) is 30.3 Å². The second-order valence-corrected chi connectivity index (χ2v) is 6.94. The summed E-state index contributed by atoms with van der Waals surface area (Å²) in [7, 11) is 5.54. The van der Waals surface area contributed by atoms with E-state index in [2.05, 4.69) is 0 Å². The van der Waals surface area contributed by atoms with Gasteiger partial charge in [0.2, 0.25) is 5.91 Å². The highest BCUT2D eigenvalue weighted by Crippen LogP contribution is 2.41. The Morgan fingerprint density at radius 1 is 1.33 bits per heavy atom. The average molecular weight is 331 g/mol. The van der Waals surface area contributed by atoms with Gasteiger partial charge in [-0.25, -0.2) is 0 Å². The topological polar surface area (TPSA) is 53.1 Å². The molecule has 2 heterocycles. The first-order chi connectivity index (χ1) is 11.4. The van der Waals surface area contributed by atoms with Crippen LogP contribution in [0.15, 0.2) is 30.3 Å². The number of likely N-dealkylation sites (N-methyl/N-ethyl adjacent to an activating group) is 2. The highest BCUT2D eigenvalue weighted by atomic mass is 16.5. The lowest BCUT2D eigenvalue weighted by atomic mass is 9.83. The molecule has 1 aromatic rings. The zero-order valence-electron chi connectivity index (χ0n) is 14.6. The number of amides is 2. The molecule has 0 aromatic heterocycles. The number of carbonyl (C=O) groups excluding carboxylic acids is 2. The summed E-state index contributed by atoms with van der Waals surface area (Å²) in [6, 6.07) is 9.98. The van der Waals surface area contributed by atoms with E-state index in [0.29, 0.717) is 32.8 Å². The molecule has 0 unspecified atom stereocenters. The summed E-state index contributed by atoms with van der Waals surface area (Å²) in [6.45, 7) is 2.20. The second kappa shape index (κ2) is 6.53. The standard InChI is InChI=1S/C18H25N3O3/c1-19(2)12-16(22)21-9-10-24-18(13-21)15(11-20(3)17(18)23)14-7-5-4-6-8-14/h4-8,15H,9-13H2,1-3H3/t15-,18+/m0/s1. The van der Waals surface area contributed by atoms with Crippen molar-refractivity contribution in [2.24, 2.45) is 0 Å². The summed E-state index contributed by atoms with van der Waals surface area (Å²) in [4.78, 5) is 30.7. The van der Waals surface area contributed by atoms with Gasteiger partial charge in [0.15, 0.2) is 5.60 Å². The van der Waals surface area contributed by atoms with E-state index in [1.807, 2.05) is 49.3 Å². The molecule has 1 aromatic carbocycles. The maximum absolute atomic E-state index is 12.9. The van der Waals surface area contributed by atoms with Crippen LogP contribution < -0.4 is 0 Å². The van der Waals surface area contributed by atoms with Gasteiger partial charge >= 0.3 is 0 Å². The molecular formula is C18H25N3O3. The quantitative estimate of drug-likeness (QED) is 0.805. The van der Waals surface area contributed by atoms with E-state index in [4.69, 9.17) is 4.74 Å². The molecule has 2 atom stereocenters. The number of morpholine rings is 1. The van der Waals surface area contributed by atoms with Crippen LogP contribution in [0.4, 0.5) is 0 Å². The van der Waals surface area contributed by atoms with Crippen molar-refractivity contribution in [2.75, 3.05) is 53.9 Å². The molecule has 2 aliphatic heterocycles. The summed E-state index contributed by atoms with van der Waals surface area (Å²) in [6.07, 6.45) is 0. The van der Waals surface area contributed by atoms with Gasteiger partial charge in [-0.15, -0.1) is 0 Å². The zero-order valence-corrected chi connectivity index (χ0v) is 14.6. The minimum Gasteiger partial charge on any atom is -0.361 e. The van der Waals surface area contributed by atoms with Gasteiger partial charge in [-0.2, -0.15) is 0 Å². The van der Waals surface area contributed by atoms with E-state index in [9.17, 15) is 9.59 Å². The first-order valence-corrected chi connectivity index (χ1v) is 8.31. The minimum atomic E-state index is -0.962. The predicted molar refractivity (Wildman–Crippen MR) is 90.6 cm³/mol. The van der Waals surface area contributed by atoms with Crippen LogP contribution in [0.5, 0.6) is 0 Å². The first-order valence-electron chi connectivity index (χ1n) is 8.31. The van der Waals surface area contributed by atoms with Gasteiger partial charge in [-0.3, -0.25) is 9.59 Å². The van der Waals surface area contributed by atoms with E-state index in [-0.39, 0.29) is 17.7 Å². The highest BCUT2D eigenvalue weighted by Gasteiger charge is 2.57. The number of likely N-dealkylation sites (tertiary alicyclic amines) is 1. The molecule has 6 nitrogen and oxygen atoms in total. The van der Waals surface area contributed by atoms with Crippen LogP contribution in [0, 0.1) is 0 Å². The van der Waals surface area contributed by atoms with E-state index >= 15 is 0 Å². The van der Waals surface area contributed by atoms with Crippen LogP contribution in [0.25, 0.3) is 0 Å². The van der Waals surface area contributed by atoms with Gasteiger partial charge in [0.25, 0.3) is 5.91 Å². The lowest BCUT2D eigenvalue weighted by Crippen LogP contribution is -2.60. The largest absolute Gasteiger partial charge is 0.361 e. The van der Waals surface area contributed by atoms with Crippen molar-refractivity contribution >= 4 is 11.8 Å². The molecule has 24 heavy (non-hydrogen) atoms. The summed E-state index contributed by atoms with van der Waals surface area (Å²) >= 11 is 0. The molecule has 6 heteroatoms. The number of ether oxygens (including phenoxy) is 1. The number of rotatable bonds is 3. The lowest BCUT2D eigenvalue weighted by Gasteiger charge is -2.42. The molecule has 130 valence electrons. The fourth-order valence-electron chi connectivity index (χ4n) is 3.71. The number of hydrogen-bond acceptors (Lipinski definition) is 4. The van der Waals surface area contributed by atoms with Crippen LogP contribution in [0.1, 0.15) is 11.5 Å². The fraction of sp³-hybridized carbons (Fsp3) is 0.556. The maximum atomic E-state index is 12.9. The smallest absolute Gasteiger partial charge is 0.257 e. The third-order valence-electron chi connectivity index (χ3n) is 4.88. The Morgan fingerprint density at radius 3 is 2.71 bits per heavy atom. The molecule has 3 rings (SSSR count). The summed E-state index contributed by atoms with van der Waals surface area (Å²) in [5, 5.41) is 0. The van der Waals surface area contributed by atoms with Crippen molar-refractivity contribution in [3.63, 3.8) is 0 Å². The van der Waals surface area contributed by atoms with Crippen LogP contribution in [-0.2, 0) is 14.3 Å². The zero-order chi connectivity index (χ0) is 17.3. The predicted octanol–water partition coefficient (Wildman–Crippen LogP) is 0.401. The molecule has 0 aliphatic carbocycles. The van der Waals surface area contributed by atoms with Crippen LogP contribution >= 0.6 is 0 Å². The number of carbonyl (C=O) groups is 2. The maximum Gasteiger partial charge on any atom is 0.257 e. The molecule has 0 N–H and O–H groups in total. The van der Waals surface area contributed by atoms with E-state index in [1.165, 1.54) is 0 Å². The Bertz CT molecular complexity index is 619. The molecule has 2 amide bonds. The monoisotopic (exact) mass is 331 g/mol. The Labute approximate surface area is 143 Å². The highest BCUT2D eigenvalue weighted by molar-refractivity contribution is 5.90. The van der Waals surface area contributed by atoms with Gasteiger partial charge in [-0.05, 0) is 19.7 Å². The van der Waals surface area contributed by atoms with Gasteiger partial charge in [0, 0.05) is 26.1 Å². The van der Waals surface area contributed by atoms with E-state index in [1.54, 1.807) is 16.8 Å². The summed E-state index contributed by atoms with van der Waals surface area (Å²) in [5.41, 5.74) is 0.119. The van der Waals surface area contributed by atoms with Crippen LogP contribution in [-0.4, -0.2) is 86.0 Å². The van der Waals surface area contributed by atoms with E-state index in [0.717, 1.165) is 5.56 Å². The van der Waals surface area contributed by atoms with Crippen molar-refractivity contribution < 1.29 is 14.3 Å². The Morgan fingerprint density at radius 2 is 2.04 bits per heavy atom. The Balaban J connectivity index is 1.90. The van der Waals surface area contributed by atoms with Crippen molar-refractivity contribution in [3.05, 3.63) is 35.9 Å². The van der Waals surface area contributed by atoms with Gasteiger partial charge in [0.05, 0.1) is 19.7 Å². The lowest BCUT2D eigenvalue weighted by molar-refractivity contribution is -0.167. The van der Waals surface area contributed by atoms with Gasteiger partial charge in [0.1, 0.15) is 0 Å². The number of nitrogens with zero attached hydrogens (tertiary/aromatic N) is 3. The second-order valence-electron chi connectivity index (χ2n) is 6.94. The molecular weight excluding hydrogens is 306 g/mol. The number of hydrogen-bond donors (Lipinski definition) is 0. The van der Waals surface area contributed by atoms with Crippen molar-refractivity contribution in [2.45, 2.75) is 11.5 Å². The first kappa shape index (κ1) is 16.9. The van der Waals surface area contributed by atoms with Crippen LogP contribution in [0.2, 0.25) is 0 Å². The summed E-state index contributed by atoms with van der Waals surface area (Å²) < 4.78 is 6.06. The number of benzene rings is 1. The Kier molecular flexibility index (Phi) is 4.60.